The number of carbonyl (C=O) groups is 1. The van der Waals surface area contributed by atoms with E-state index in [1.165, 1.54) is 6.20 Å². The fourth-order valence-corrected chi connectivity index (χ4v) is 2.03. The normalized spacial score (nSPS) is 14.5. The van der Waals surface area contributed by atoms with Gasteiger partial charge in [-0.2, -0.15) is 0 Å². The molecule has 1 heterocycles. The van der Waals surface area contributed by atoms with Gasteiger partial charge in [-0.1, -0.05) is 11.6 Å². The van der Waals surface area contributed by atoms with E-state index in [4.69, 9.17) is 11.6 Å². The molecule has 0 saturated heterocycles. The first-order valence-corrected chi connectivity index (χ1v) is 6.19. The largest absolute Gasteiger partial charge is 0.373 e. The Balaban J connectivity index is 2.28. The third-order valence-electron chi connectivity index (χ3n) is 2.93. The van der Waals surface area contributed by atoms with Crippen LogP contribution in [0.2, 0.25) is 5.02 Å². The van der Waals surface area contributed by atoms with E-state index in [1.54, 1.807) is 13.1 Å². The quantitative estimate of drug-likeness (QED) is 0.896. The summed E-state index contributed by atoms with van der Waals surface area (Å²) in [4.78, 5) is 18.3. The van der Waals surface area contributed by atoms with Gasteiger partial charge >= 0.3 is 0 Å². The number of anilines is 1. The molecule has 0 aliphatic heterocycles. The summed E-state index contributed by atoms with van der Waals surface area (Å²) in [6.45, 7) is 2.71. The van der Waals surface area contributed by atoms with Gasteiger partial charge in [0.1, 0.15) is 5.82 Å². The van der Waals surface area contributed by atoms with Crippen molar-refractivity contribution in [3.8, 4) is 0 Å². The van der Waals surface area contributed by atoms with E-state index >= 15 is 0 Å². The van der Waals surface area contributed by atoms with Crippen LogP contribution in [0.25, 0.3) is 0 Å². The summed E-state index contributed by atoms with van der Waals surface area (Å²) in [6.07, 6.45) is 3.71. The van der Waals surface area contributed by atoms with Gasteiger partial charge in [0.25, 0.3) is 5.91 Å². The number of aromatic nitrogens is 1. The maximum absolute atomic E-state index is 12.3. The zero-order valence-corrected chi connectivity index (χ0v) is 10.8. The number of carbonyl (C=O) groups excluding carboxylic acids is 1. The molecule has 92 valence electrons. The van der Waals surface area contributed by atoms with Crippen molar-refractivity contribution >= 4 is 23.3 Å². The van der Waals surface area contributed by atoms with Crippen LogP contribution in [0.1, 0.15) is 30.1 Å². The second-order valence-corrected chi connectivity index (χ2v) is 4.53. The van der Waals surface area contributed by atoms with Crippen molar-refractivity contribution < 1.29 is 4.79 Å². The topological polar surface area (TPSA) is 45.2 Å². The van der Waals surface area contributed by atoms with Gasteiger partial charge in [-0.05, 0) is 25.8 Å². The van der Waals surface area contributed by atoms with Crippen molar-refractivity contribution in [1.29, 1.82) is 0 Å². The lowest BCUT2D eigenvalue weighted by Gasteiger charge is -2.21. The summed E-state index contributed by atoms with van der Waals surface area (Å²) < 4.78 is 0. The van der Waals surface area contributed by atoms with Crippen LogP contribution in [-0.4, -0.2) is 35.4 Å². The molecular formula is C12H16ClN3O. The number of pyridine rings is 1. The second-order valence-electron chi connectivity index (χ2n) is 4.12. The minimum atomic E-state index is -0.00102. The maximum atomic E-state index is 12.3. The minimum Gasteiger partial charge on any atom is -0.373 e. The van der Waals surface area contributed by atoms with Gasteiger partial charge < -0.3 is 10.2 Å². The highest BCUT2D eigenvalue weighted by atomic mass is 35.5. The van der Waals surface area contributed by atoms with E-state index in [1.807, 2.05) is 11.8 Å². The molecule has 0 atom stereocenters. The molecule has 0 unspecified atom stereocenters. The fourth-order valence-electron chi connectivity index (χ4n) is 1.85. The Bertz CT molecular complexity index is 432. The molecule has 1 N–H and O–H groups in total. The third-order valence-corrected chi connectivity index (χ3v) is 3.23. The van der Waals surface area contributed by atoms with Gasteiger partial charge in [-0.3, -0.25) is 4.79 Å². The SMILES string of the molecule is CCN(C(=O)c1cc(NC)ncc1Cl)C1CC1. The molecule has 4 nitrogen and oxygen atoms in total. The first kappa shape index (κ1) is 12.2. The average molecular weight is 254 g/mol. The maximum Gasteiger partial charge on any atom is 0.255 e. The van der Waals surface area contributed by atoms with E-state index in [-0.39, 0.29) is 5.91 Å². The Morgan fingerprint density at radius 1 is 1.65 bits per heavy atom. The lowest BCUT2D eigenvalue weighted by Crippen LogP contribution is -2.33. The number of nitrogens with one attached hydrogen (secondary N) is 1. The van der Waals surface area contributed by atoms with Crippen LogP contribution in [-0.2, 0) is 0 Å². The predicted octanol–water partition coefficient (Wildman–Crippen LogP) is 2.40. The molecule has 1 fully saturated rings. The van der Waals surface area contributed by atoms with Crippen LogP contribution in [0.3, 0.4) is 0 Å². The summed E-state index contributed by atoms with van der Waals surface area (Å²) in [6, 6.07) is 2.10. The highest BCUT2D eigenvalue weighted by molar-refractivity contribution is 6.33. The van der Waals surface area contributed by atoms with Gasteiger partial charge in [0.2, 0.25) is 0 Å². The summed E-state index contributed by atoms with van der Waals surface area (Å²) in [7, 11) is 1.77. The molecular weight excluding hydrogens is 238 g/mol. The number of nitrogens with zero attached hydrogens (tertiary/aromatic N) is 2. The van der Waals surface area contributed by atoms with Crippen LogP contribution in [0.5, 0.6) is 0 Å². The van der Waals surface area contributed by atoms with Crippen LogP contribution < -0.4 is 5.32 Å². The van der Waals surface area contributed by atoms with E-state index in [0.29, 0.717) is 22.4 Å². The summed E-state index contributed by atoms with van der Waals surface area (Å²) in [5.74, 6) is 0.656. The molecule has 0 radical (unpaired) electrons. The first-order valence-electron chi connectivity index (χ1n) is 5.81. The predicted molar refractivity (Wildman–Crippen MR) is 68.5 cm³/mol. The minimum absolute atomic E-state index is 0.00102. The average Bonchev–Trinajstić information content (AvgIpc) is 3.15. The molecule has 1 aromatic heterocycles. The summed E-state index contributed by atoms with van der Waals surface area (Å²) >= 11 is 6.04. The Morgan fingerprint density at radius 2 is 2.35 bits per heavy atom. The van der Waals surface area contributed by atoms with Crippen LogP contribution in [0.15, 0.2) is 12.3 Å². The van der Waals surface area contributed by atoms with Crippen molar-refractivity contribution in [3.05, 3.63) is 22.8 Å². The monoisotopic (exact) mass is 253 g/mol. The van der Waals surface area contributed by atoms with Crippen molar-refractivity contribution in [2.24, 2.45) is 0 Å². The molecule has 1 aromatic rings. The van der Waals surface area contributed by atoms with E-state index in [0.717, 1.165) is 19.4 Å². The molecule has 0 aromatic carbocycles. The van der Waals surface area contributed by atoms with E-state index in [2.05, 4.69) is 10.3 Å². The van der Waals surface area contributed by atoms with Gasteiger partial charge in [0.15, 0.2) is 0 Å². The third kappa shape index (κ3) is 2.52. The lowest BCUT2D eigenvalue weighted by atomic mass is 10.2. The van der Waals surface area contributed by atoms with Crippen LogP contribution in [0, 0.1) is 0 Å². The molecule has 2 rings (SSSR count). The molecule has 0 bridgehead atoms. The van der Waals surface area contributed by atoms with E-state index in [9.17, 15) is 4.79 Å². The molecule has 0 spiro atoms. The highest BCUT2D eigenvalue weighted by Gasteiger charge is 2.32. The second kappa shape index (κ2) is 4.92. The van der Waals surface area contributed by atoms with Crippen molar-refractivity contribution in [1.82, 2.24) is 9.88 Å². The Kier molecular flexibility index (Phi) is 3.52. The molecule has 1 aliphatic carbocycles. The molecule has 17 heavy (non-hydrogen) atoms. The molecule has 5 heteroatoms. The smallest absolute Gasteiger partial charge is 0.255 e. The lowest BCUT2D eigenvalue weighted by molar-refractivity contribution is 0.0752. The molecule has 1 saturated carbocycles. The van der Waals surface area contributed by atoms with Gasteiger partial charge in [0, 0.05) is 25.8 Å². The summed E-state index contributed by atoms with van der Waals surface area (Å²) in [5, 5.41) is 3.32. The van der Waals surface area contributed by atoms with Gasteiger partial charge in [-0.15, -0.1) is 0 Å². The van der Waals surface area contributed by atoms with Crippen molar-refractivity contribution in [2.45, 2.75) is 25.8 Å². The van der Waals surface area contributed by atoms with Crippen LogP contribution in [0.4, 0.5) is 5.82 Å². The van der Waals surface area contributed by atoms with Crippen LogP contribution >= 0.6 is 11.6 Å². The number of hydrogen-bond donors (Lipinski definition) is 1. The number of rotatable bonds is 4. The highest BCUT2D eigenvalue weighted by Crippen LogP contribution is 2.29. The molecule has 1 aliphatic rings. The van der Waals surface area contributed by atoms with Gasteiger partial charge in [0.05, 0.1) is 10.6 Å². The zero-order valence-electron chi connectivity index (χ0n) is 10.0. The molecule has 1 amide bonds. The Hall–Kier alpha value is -1.29. The van der Waals surface area contributed by atoms with Crippen molar-refractivity contribution in [2.75, 3.05) is 18.9 Å². The van der Waals surface area contributed by atoms with Crippen molar-refractivity contribution in [3.63, 3.8) is 0 Å². The zero-order chi connectivity index (χ0) is 12.4. The fraction of sp³-hybridized carbons (Fsp3) is 0.500. The number of amides is 1. The van der Waals surface area contributed by atoms with E-state index < -0.39 is 0 Å². The summed E-state index contributed by atoms with van der Waals surface area (Å²) in [5.41, 5.74) is 0.528. The number of hydrogen-bond acceptors (Lipinski definition) is 3. The Morgan fingerprint density at radius 3 is 2.88 bits per heavy atom. The number of halogens is 1. The first-order chi connectivity index (χ1) is 8.17. The Labute approximate surface area is 106 Å². The van der Waals surface area contributed by atoms with Gasteiger partial charge in [-0.25, -0.2) is 4.98 Å². The standard InChI is InChI=1S/C12H16ClN3O/c1-3-16(8-4-5-8)12(17)9-6-11(14-2)15-7-10(9)13/h6-8H,3-5H2,1-2H3,(H,14,15).